The van der Waals surface area contributed by atoms with E-state index in [1.165, 1.54) is 20.5 Å². The molecule has 0 atom stereocenters. The first-order chi connectivity index (χ1) is 8.38. The van der Waals surface area contributed by atoms with Crippen molar-refractivity contribution in [3.05, 3.63) is 54.4 Å². The Labute approximate surface area is 104 Å². The van der Waals surface area contributed by atoms with Gasteiger partial charge < -0.3 is 5.73 Å². The van der Waals surface area contributed by atoms with Crippen LogP contribution in [0.3, 0.4) is 0 Å². The maximum Gasteiger partial charge on any atom is 0.0359 e. The highest BCUT2D eigenvalue weighted by Crippen LogP contribution is 2.34. The second-order valence-electron chi connectivity index (χ2n) is 3.89. The lowest BCUT2D eigenvalue weighted by atomic mass is 10.1. The number of benzene rings is 1. The minimum atomic E-state index is 0.525. The third-order valence-corrected chi connectivity index (χ3v) is 3.96. The molecule has 0 aliphatic carbocycles. The van der Waals surface area contributed by atoms with Crippen molar-refractivity contribution in [1.82, 2.24) is 4.98 Å². The highest BCUT2D eigenvalue weighted by Gasteiger charge is 2.07. The number of thiophene rings is 1. The molecule has 0 radical (unpaired) electrons. The van der Waals surface area contributed by atoms with Crippen LogP contribution in [-0.2, 0) is 6.54 Å². The summed E-state index contributed by atoms with van der Waals surface area (Å²) < 4.78 is 1.31. The van der Waals surface area contributed by atoms with Crippen molar-refractivity contribution in [2.24, 2.45) is 5.73 Å². The van der Waals surface area contributed by atoms with Gasteiger partial charge in [-0.2, -0.15) is 0 Å². The zero-order chi connectivity index (χ0) is 11.7. The zero-order valence-corrected chi connectivity index (χ0v) is 10.1. The molecule has 3 heteroatoms. The van der Waals surface area contributed by atoms with Gasteiger partial charge in [0.25, 0.3) is 0 Å². The molecule has 2 N–H and O–H groups in total. The molecule has 1 aromatic carbocycles. The van der Waals surface area contributed by atoms with E-state index in [2.05, 4.69) is 35.3 Å². The first-order valence-corrected chi connectivity index (χ1v) is 6.32. The third kappa shape index (κ3) is 1.84. The molecule has 0 aliphatic heterocycles. The number of rotatable bonds is 2. The van der Waals surface area contributed by atoms with Crippen LogP contribution in [0.1, 0.15) is 5.56 Å². The number of hydrogen-bond acceptors (Lipinski definition) is 3. The molecule has 2 heterocycles. The summed E-state index contributed by atoms with van der Waals surface area (Å²) in [6.07, 6.45) is 3.67. The van der Waals surface area contributed by atoms with Gasteiger partial charge in [0.15, 0.2) is 0 Å². The Bertz CT molecular complexity index is 625. The SMILES string of the molecule is NCc1cnccc1-c1cc2ccccc2s1. The van der Waals surface area contributed by atoms with Crippen LogP contribution in [0, 0.1) is 0 Å². The van der Waals surface area contributed by atoms with Gasteiger partial charge in [-0.05, 0) is 34.7 Å². The Morgan fingerprint density at radius 3 is 2.88 bits per heavy atom. The Morgan fingerprint density at radius 2 is 2.06 bits per heavy atom. The molecule has 0 aliphatic rings. The molecule has 2 aromatic heterocycles. The predicted octanol–water partition coefficient (Wildman–Crippen LogP) is 3.42. The van der Waals surface area contributed by atoms with E-state index >= 15 is 0 Å². The van der Waals surface area contributed by atoms with E-state index in [0.29, 0.717) is 6.54 Å². The molecule has 3 aromatic rings. The number of hydrogen-bond donors (Lipinski definition) is 1. The lowest BCUT2D eigenvalue weighted by molar-refractivity contribution is 1.05. The van der Waals surface area contributed by atoms with Gasteiger partial charge in [-0.1, -0.05) is 18.2 Å². The molecule has 0 saturated carbocycles. The monoisotopic (exact) mass is 240 g/mol. The van der Waals surface area contributed by atoms with Crippen molar-refractivity contribution in [2.75, 3.05) is 0 Å². The van der Waals surface area contributed by atoms with Crippen molar-refractivity contribution in [2.45, 2.75) is 6.54 Å². The highest BCUT2D eigenvalue weighted by atomic mass is 32.1. The molecule has 17 heavy (non-hydrogen) atoms. The van der Waals surface area contributed by atoms with Gasteiger partial charge in [0.2, 0.25) is 0 Å². The summed E-state index contributed by atoms with van der Waals surface area (Å²) >= 11 is 1.80. The van der Waals surface area contributed by atoms with Crippen LogP contribution in [0.2, 0.25) is 0 Å². The predicted molar refractivity (Wildman–Crippen MR) is 72.9 cm³/mol. The average Bonchev–Trinajstić information content (AvgIpc) is 2.82. The lowest BCUT2D eigenvalue weighted by Crippen LogP contribution is -1.98. The molecule has 0 unspecified atom stereocenters. The Balaban J connectivity index is 2.20. The van der Waals surface area contributed by atoms with Crippen LogP contribution in [0.25, 0.3) is 20.5 Å². The van der Waals surface area contributed by atoms with Gasteiger partial charge in [0.05, 0.1) is 0 Å². The van der Waals surface area contributed by atoms with Crippen LogP contribution in [0.15, 0.2) is 48.8 Å². The lowest BCUT2D eigenvalue weighted by Gasteiger charge is -2.03. The fourth-order valence-electron chi connectivity index (χ4n) is 1.94. The van der Waals surface area contributed by atoms with Crippen molar-refractivity contribution in [3.63, 3.8) is 0 Å². The van der Waals surface area contributed by atoms with Crippen LogP contribution >= 0.6 is 11.3 Å². The fourth-order valence-corrected chi connectivity index (χ4v) is 3.07. The van der Waals surface area contributed by atoms with Crippen LogP contribution < -0.4 is 5.73 Å². The summed E-state index contributed by atoms with van der Waals surface area (Å²) in [6.45, 7) is 0.525. The van der Waals surface area contributed by atoms with Crippen molar-refractivity contribution < 1.29 is 0 Å². The molecule has 0 saturated heterocycles. The van der Waals surface area contributed by atoms with Gasteiger partial charge in [0.1, 0.15) is 0 Å². The van der Waals surface area contributed by atoms with Gasteiger partial charge >= 0.3 is 0 Å². The van der Waals surface area contributed by atoms with Gasteiger partial charge in [0, 0.05) is 28.5 Å². The molecule has 2 nitrogen and oxygen atoms in total. The minimum Gasteiger partial charge on any atom is -0.326 e. The van der Waals surface area contributed by atoms with Crippen molar-refractivity contribution in [3.8, 4) is 10.4 Å². The topological polar surface area (TPSA) is 38.9 Å². The van der Waals surface area contributed by atoms with E-state index in [1.54, 1.807) is 11.3 Å². The summed E-state index contributed by atoms with van der Waals surface area (Å²) in [5.74, 6) is 0. The van der Waals surface area contributed by atoms with Crippen LogP contribution in [0.5, 0.6) is 0 Å². The second kappa shape index (κ2) is 4.28. The molecular formula is C14H12N2S. The van der Waals surface area contributed by atoms with Gasteiger partial charge in [-0.15, -0.1) is 11.3 Å². The maximum atomic E-state index is 5.75. The maximum absolute atomic E-state index is 5.75. The van der Waals surface area contributed by atoms with E-state index in [1.807, 2.05) is 18.5 Å². The molecule has 0 fully saturated rings. The first kappa shape index (κ1) is 10.4. The van der Waals surface area contributed by atoms with E-state index in [9.17, 15) is 0 Å². The molecular weight excluding hydrogens is 228 g/mol. The summed E-state index contributed by atoms with van der Waals surface area (Å²) in [7, 11) is 0. The summed E-state index contributed by atoms with van der Waals surface area (Å²) in [5, 5.41) is 1.28. The standard InChI is InChI=1S/C14H12N2S/c15-8-11-9-16-6-5-12(11)14-7-10-3-1-2-4-13(10)17-14/h1-7,9H,8,15H2. The largest absolute Gasteiger partial charge is 0.326 e. The molecule has 0 bridgehead atoms. The zero-order valence-electron chi connectivity index (χ0n) is 9.26. The van der Waals surface area contributed by atoms with E-state index in [4.69, 9.17) is 5.73 Å². The van der Waals surface area contributed by atoms with Crippen molar-refractivity contribution >= 4 is 21.4 Å². The number of fused-ring (bicyclic) bond motifs is 1. The number of nitrogens with two attached hydrogens (primary N) is 1. The number of pyridine rings is 1. The first-order valence-electron chi connectivity index (χ1n) is 5.50. The summed E-state index contributed by atoms with van der Waals surface area (Å²) in [6, 6.07) is 12.7. The van der Waals surface area contributed by atoms with E-state index in [-0.39, 0.29) is 0 Å². The fraction of sp³-hybridized carbons (Fsp3) is 0.0714. The Hall–Kier alpha value is -1.71. The minimum absolute atomic E-state index is 0.525. The highest BCUT2D eigenvalue weighted by molar-refractivity contribution is 7.22. The van der Waals surface area contributed by atoms with Crippen LogP contribution in [-0.4, -0.2) is 4.98 Å². The Morgan fingerprint density at radius 1 is 1.18 bits per heavy atom. The van der Waals surface area contributed by atoms with Crippen molar-refractivity contribution in [1.29, 1.82) is 0 Å². The summed E-state index contributed by atoms with van der Waals surface area (Å²) in [4.78, 5) is 5.38. The average molecular weight is 240 g/mol. The molecule has 3 rings (SSSR count). The quantitative estimate of drug-likeness (QED) is 0.745. The van der Waals surface area contributed by atoms with E-state index in [0.717, 1.165) is 5.56 Å². The normalized spacial score (nSPS) is 10.9. The van der Waals surface area contributed by atoms with Gasteiger partial charge in [-0.3, -0.25) is 4.98 Å². The van der Waals surface area contributed by atoms with Crippen LogP contribution in [0.4, 0.5) is 0 Å². The summed E-state index contributed by atoms with van der Waals surface area (Å²) in [5.41, 5.74) is 8.04. The Kier molecular flexibility index (Phi) is 2.63. The molecule has 84 valence electrons. The third-order valence-electron chi connectivity index (χ3n) is 2.81. The number of nitrogens with zero attached hydrogens (tertiary/aromatic N) is 1. The smallest absolute Gasteiger partial charge is 0.0359 e. The number of aromatic nitrogens is 1. The molecule has 0 spiro atoms. The second-order valence-corrected chi connectivity index (χ2v) is 4.97. The van der Waals surface area contributed by atoms with E-state index < -0.39 is 0 Å². The van der Waals surface area contributed by atoms with Gasteiger partial charge in [-0.25, -0.2) is 0 Å². The molecule has 0 amide bonds.